The topological polar surface area (TPSA) is 93.0 Å². The molecule has 27 heavy (non-hydrogen) atoms. The normalized spacial score (nSPS) is 19.3. The van der Waals surface area contributed by atoms with Crippen molar-refractivity contribution in [1.82, 2.24) is 30.4 Å². The van der Waals surface area contributed by atoms with Crippen LogP contribution >= 0.6 is 0 Å². The Morgan fingerprint density at radius 2 is 1.96 bits per heavy atom. The van der Waals surface area contributed by atoms with Crippen molar-refractivity contribution in [3.8, 4) is 0 Å². The fourth-order valence-corrected chi connectivity index (χ4v) is 3.63. The SMILES string of the molecule is CCC[C@@H]1CN(C(=O)c2ccc(Cn3nnnc3C)cc2)C[C@H]1NC(C)=O. The molecule has 0 saturated carbocycles. The molecule has 0 spiro atoms. The molecule has 0 bridgehead atoms. The van der Waals surface area contributed by atoms with Gasteiger partial charge in [0.2, 0.25) is 5.91 Å². The molecule has 0 unspecified atom stereocenters. The number of hydrogen-bond donors (Lipinski definition) is 1. The number of carbonyl (C=O) groups is 2. The van der Waals surface area contributed by atoms with Gasteiger partial charge in [-0.15, -0.1) is 5.10 Å². The van der Waals surface area contributed by atoms with E-state index >= 15 is 0 Å². The zero-order valence-corrected chi connectivity index (χ0v) is 16.1. The van der Waals surface area contributed by atoms with E-state index in [0.717, 1.165) is 24.2 Å². The van der Waals surface area contributed by atoms with Gasteiger partial charge in [-0.25, -0.2) is 4.68 Å². The van der Waals surface area contributed by atoms with Crippen molar-refractivity contribution in [1.29, 1.82) is 0 Å². The van der Waals surface area contributed by atoms with Gasteiger partial charge in [-0.05, 0) is 47.4 Å². The first kappa shape index (κ1) is 19.0. The summed E-state index contributed by atoms with van der Waals surface area (Å²) in [4.78, 5) is 26.2. The van der Waals surface area contributed by atoms with Crippen LogP contribution in [-0.4, -0.2) is 56.1 Å². The number of aryl methyl sites for hydroxylation is 1. The lowest BCUT2D eigenvalue weighted by atomic mass is 9.98. The summed E-state index contributed by atoms with van der Waals surface area (Å²) in [6.45, 7) is 7.32. The summed E-state index contributed by atoms with van der Waals surface area (Å²) < 4.78 is 1.71. The van der Waals surface area contributed by atoms with Crippen LogP contribution in [0, 0.1) is 12.8 Å². The van der Waals surface area contributed by atoms with E-state index in [1.54, 1.807) is 4.68 Å². The second kappa shape index (κ2) is 8.28. The summed E-state index contributed by atoms with van der Waals surface area (Å²) in [5.41, 5.74) is 1.69. The zero-order valence-electron chi connectivity index (χ0n) is 16.1. The minimum absolute atomic E-state index is 0.00843. The van der Waals surface area contributed by atoms with Gasteiger partial charge in [0.25, 0.3) is 5.91 Å². The fraction of sp³-hybridized carbons (Fsp3) is 0.526. The van der Waals surface area contributed by atoms with Gasteiger partial charge >= 0.3 is 0 Å². The van der Waals surface area contributed by atoms with Crippen LogP contribution in [0.4, 0.5) is 0 Å². The van der Waals surface area contributed by atoms with Gasteiger partial charge in [0.1, 0.15) is 5.82 Å². The number of nitrogens with one attached hydrogen (secondary N) is 1. The number of carbonyl (C=O) groups excluding carboxylic acids is 2. The molecule has 0 radical (unpaired) electrons. The Kier molecular flexibility index (Phi) is 5.83. The van der Waals surface area contributed by atoms with Gasteiger partial charge in [-0.2, -0.15) is 0 Å². The van der Waals surface area contributed by atoms with Crippen LogP contribution < -0.4 is 5.32 Å². The van der Waals surface area contributed by atoms with E-state index < -0.39 is 0 Å². The van der Waals surface area contributed by atoms with Crippen molar-refractivity contribution in [3.05, 3.63) is 41.2 Å². The first-order chi connectivity index (χ1) is 13.0. The first-order valence-electron chi connectivity index (χ1n) is 9.36. The van der Waals surface area contributed by atoms with Crippen molar-refractivity contribution < 1.29 is 9.59 Å². The quantitative estimate of drug-likeness (QED) is 0.830. The minimum atomic E-state index is -0.0438. The van der Waals surface area contributed by atoms with Crippen molar-refractivity contribution in [3.63, 3.8) is 0 Å². The zero-order chi connectivity index (χ0) is 19.4. The Bertz CT molecular complexity index is 801. The fourth-order valence-electron chi connectivity index (χ4n) is 3.63. The molecule has 2 heterocycles. The van der Waals surface area contributed by atoms with Crippen LogP contribution in [-0.2, 0) is 11.3 Å². The second-order valence-corrected chi connectivity index (χ2v) is 7.15. The number of nitrogens with zero attached hydrogens (tertiary/aromatic N) is 5. The lowest BCUT2D eigenvalue weighted by Crippen LogP contribution is -2.39. The molecule has 1 N–H and O–H groups in total. The van der Waals surface area contributed by atoms with Gasteiger partial charge in [-0.1, -0.05) is 25.5 Å². The molecule has 1 aliphatic rings. The maximum atomic E-state index is 12.9. The summed E-state index contributed by atoms with van der Waals surface area (Å²) in [6.07, 6.45) is 2.03. The molecule has 1 saturated heterocycles. The third kappa shape index (κ3) is 4.50. The molecule has 1 aromatic carbocycles. The number of aromatic nitrogens is 4. The van der Waals surface area contributed by atoms with Gasteiger partial charge in [0.15, 0.2) is 0 Å². The summed E-state index contributed by atoms with van der Waals surface area (Å²) in [5.74, 6) is 1.02. The number of amides is 2. The third-order valence-corrected chi connectivity index (χ3v) is 5.02. The van der Waals surface area contributed by atoms with Crippen LogP contribution in [0.2, 0.25) is 0 Å². The van der Waals surface area contributed by atoms with Crippen LogP contribution in [0.15, 0.2) is 24.3 Å². The molecule has 3 rings (SSSR count). The summed E-state index contributed by atoms with van der Waals surface area (Å²) in [5, 5.41) is 14.4. The third-order valence-electron chi connectivity index (χ3n) is 5.02. The maximum Gasteiger partial charge on any atom is 0.253 e. The highest BCUT2D eigenvalue weighted by Gasteiger charge is 2.35. The average Bonchev–Trinajstić information content (AvgIpc) is 3.22. The maximum absolute atomic E-state index is 12.9. The average molecular weight is 370 g/mol. The minimum Gasteiger partial charge on any atom is -0.351 e. The highest BCUT2D eigenvalue weighted by Crippen LogP contribution is 2.23. The predicted octanol–water partition coefficient (Wildman–Crippen LogP) is 1.41. The van der Waals surface area contributed by atoms with Gasteiger partial charge < -0.3 is 10.2 Å². The number of benzene rings is 1. The largest absolute Gasteiger partial charge is 0.351 e. The molecule has 2 aromatic rings. The van der Waals surface area contributed by atoms with Crippen LogP contribution in [0.3, 0.4) is 0 Å². The molecule has 0 aliphatic carbocycles. The van der Waals surface area contributed by atoms with Crippen LogP contribution in [0.5, 0.6) is 0 Å². The van der Waals surface area contributed by atoms with E-state index in [4.69, 9.17) is 0 Å². The van der Waals surface area contributed by atoms with E-state index in [0.29, 0.717) is 31.1 Å². The van der Waals surface area contributed by atoms with Crippen LogP contribution in [0.25, 0.3) is 0 Å². The molecule has 8 heteroatoms. The molecule has 2 atom stereocenters. The van der Waals surface area contributed by atoms with E-state index in [9.17, 15) is 9.59 Å². The lowest BCUT2D eigenvalue weighted by molar-refractivity contribution is -0.119. The highest BCUT2D eigenvalue weighted by atomic mass is 16.2. The standard InChI is InChI=1S/C19H26N6O2/c1-4-5-17-11-24(12-18(17)20-14(3)26)19(27)16-8-6-15(7-9-16)10-25-13(2)21-22-23-25/h6-9,17-18H,4-5,10-12H2,1-3H3,(H,20,26)/t17-,18-/m1/s1. The van der Waals surface area contributed by atoms with E-state index in [2.05, 4.69) is 27.8 Å². The first-order valence-corrected chi connectivity index (χ1v) is 9.36. The molecular formula is C19H26N6O2. The number of rotatable bonds is 6. The molecular weight excluding hydrogens is 344 g/mol. The van der Waals surface area contributed by atoms with Gasteiger partial charge in [0, 0.05) is 25.6 Å². The molecule has 2 amide bonds. The highest BCUT2D eigenvalue weighted by molar-refractivity contribution is 5.94. The van der Waals surface area contributed by atoms with Crippen molar-refractivity contribution in [2.45, 2.75) is 46.2 Å². The Morgan fingerprint density at radius 3 is 2.56 bits per heavy atom. The molecule has 1 aromatic heterocycles. The number of tetrazole rings is 1. The second-order valence-electron chi connectivity index (χ2n) is 7.15. The van der Waals surface area contributed by atoms with Crippen molar-refractivity contribution >= 4 is 11.8 Å². The number of hydrogen-bond acceptors (Lipinski definition) is 5. The smallest absolute Gasteiger partial charge is 0.253 e. The Labute approximate surface area is 158 Å². The molecule has 8 nitrogen and oxygen atoms in total. The van der Waals surface area contributed by atoms with E-state index in [1.807, 2.05) is 36.1 Å². The van der Waals surface area contributed by atoms with Gasteiger partial charge in [0.05, 0.1) is 12.6 Å². The van der Waals surface area contributed by atoms with Gasteiger partial charge in [-0.3, -0.25) is 9.59 Å². The van der Waals surface area contributed by atoms with Crippen molar-refractivity contribution in [2.24, 2.45) is 5.92 Å². The Balaban J connectivity index is 1.66. The summed E-state index contributed by atoms with van der Waals surface area (Å²) >= 11 is 0. The monoisotopic (exact) mass is 370 g/mol. The molecule has 144 valence electrons. The van der Waals surface area contributed by atoms with Crippen LogP contribution in [0.1, 0.15) is 48.4 Å². The Hall–Kier alpha value is -2.77. The van der Waals surface area contributed by atoms with E-state index in [1.165, 1.54) is 6.92 Å². The Morgan fingerprint density at radius 1 is 1.22 bits per heavy atom. The number of likely N-dealkylation sites (tertiary alicyclic amines) is 1. The van der Waals surface area contributed by atoms with Crippen molar-refractivity contribution in [2.75, 3.05) is 13.1 Å². The molecule has 1 aliphatic heterocycles. The lowest BCUT2D eigenvalue weighted by Gasteiger charge is -2.17. The van der Waals surface area contributed by atoms with E-state index in [-0.39, 0.29) is 17.9 Å². The summed E-state index contributed by atoms with van der Waals surface area (Å²) in [7, 11) is 0. The summed E-state index contributed by atoms with van der Waals surface area (Å²) in [6, 6.07) is 7.59. The predicted molar refractivity (Wildman–Crippen MR) is 100 cm³/mol. The molecule has 1 fully saturated rings.